The molecular weight excluding hydrogens is 352 g/mol. The Morgan fingerprint density at radius 1 is 1.32 bits per heavy atom. The van der Waals surface area contributed by atoms with Crippen molar-refractivity contribution >= 4 is 5.97 Å². The Morgan fingerprint density at radius 3 is 2.64 bits per heavy atom. The average molecular weight is 389 g/mol. The van der Waals surface area contributed by atoms with E-state index in [4.69, 9.17) is 9.47 Å². The lowest BCUT2D eigenvalue weighted by atomic mass is 9.75. The van der Waals surface area contributed by atoms with Gasteiger partial charge in [-0.15, -0.1) is 0 Å². The molecule has 0 amide bonds. The van der Waals surface area contributed by atoms with Crippen LogP contribution in [0.4, 0.5) is 0 Å². The zero-order valence-corrected chi connectivity index (χ0v) is 18.1. The summed E-state index contributed by atoms with van der Waals surface area (Å²) < 4.78 is 11.0. The maximum absolute atomic E-state index is 12.7. The summed E-state index contributed by atoms with van der Waals surface area (Å²) in [7, 11) is 0. The van der Waals surface area contributed by atoms with Crippen LogP contribution >= 0.6 is 0 Å². The number of carbonyl (C=O) groups excluding carboxylic acids is 1. The minimum Gasteiger partial charge on any atom is -0.461 e. The lowest BCUT2D eigenvalue weighted by Gasteiger charge is -2.39. The van der Waals surface area contributed by atoms with Crippen LogP contribution < -0.4 is 0 Å². The van der Waals surface area contributed by atoms with Gasteiger partial charge in [-0.1, -0.05) is 47.0 Å². The monoisotopic (exact) mass is 388 g/mol. The van der Waals surface area contributed by atoms with E-state index in [1.807, 2.05) is 6.08 Å². The molecule has 5 nitrogen and oxygen atoms in total. The van der Waals surface area contributed by atoms with Gasteiger partial charge in [0.15, 0.2) is 0 Å². The third kappa shape index (κ3) is 6.38. The predicted octanol–water partition coefficient (Wildman–Crippen LogP) is 4.60. The maximum Gasteiger partial charge on any atom is 0.349 e. The number of hydrogen-bond donors (Lipinski definition) is 0. The van der Waals surface area contributed by atoms with Gasteiger partial charge >= 0.3 is 5.97 Å². The fourth-order valence-corrected chi connectivity index (χ4v) is 4.00. The predicted molar refractivity (Wildman–Crippen MR) is 110 cm³/mol. The molecule has 1 atom stereocenters. The van der Waals surface area contributed by atoms with Gasteiger partial charge < -0.3 is 14.4 Å². The van der Waals surface area contributed by atoms with Crippen LogP contribution in [0.1, 0.15) is 66.2 Å². The molecule has 1 unspecified atom stereocenters. The summed E-state index contributed by atoms with van der Waals surface area (Å²) in [6.07, 6.45) is 8.03. The molecule has 1 heterocycles. The highest BCUT2D eigenvalue weighted by atomic mass is 16.5. The first-order valence-electron chi connectivity index (χ1n) is 10.7. The standard InChI is InChI=1S/C23H36N2O3/c1-5-7-8-18(6-2)17-28-22(26)21(16-24)19-13-20(15-23(3,4)14-19)25-9-11-27-12-10-25/h13,18H,5-12,14-15,17H2,1-4H3. The molecule has 0 aromatic heterocycles. The SMILES string of the molecule is CCCCC(CC)COC(=O)C(C#N)=C1C=C(N2CCOCC2)CC(C)(C)C1. The van der Waals surface area contributed by atoms with Crippen LogP contribution in [-0.4, -0.2) is 43.8 Å². The van der Waals surface area contributed by atoms with E-state index in [0.717, 1.165) is 64.0 Å². The van der Waals surface area contributed by atoms with E-state index in [9.17, 15) is 10.1 Å². The van der Waals surface area contributed by atoms with Crippen molar-refractivity contribution in [1.29, 1.82) is 5.26 Å². The zero-order valence-electron chi connectivity index (χ0n) is 18.1. The number of ether oxygens (including phenoxy) is 2. The van der Waals surface area contributed by atoms with E-state index >= 15 is 0 Å². The molecule has 0 N–H and O–H groups in total. The zero-order chi connectivity index (χ0) is 20.6. The van der Waals surface area contributed by atoms with Crippen LogP contribution in [0.2, 0.25) is 0 Å². The molecule has 5 heteroatoms. The number of morpholine rings is 1. The van der Waals surface area contributed by atoms with Crippen LogP contribution in [-0.2, 0) is 14.3 Å². The third-order valence-electron chi connectivity index (χ3n) is 5.72. The second kappa shape index (κ2) is 10.7. The van der Waals surface area contributed by atoms with Crippen LogP contribution in [0, 0.1) is 22.7 Å². The second-order valence-electron chi connectivity index (χ2n) is 8.78. The van der Waals surface area contributed by atoms with E-state index in [2.05, 4.69) is 38.7 Å². The molecule has 156 valence electrons. The molecule has 2 rings (SSSR count). The molecule has 0 spiro atoms. The highest BCUT2D eigenvalue weighted by Gasteiger charge is 2.31. The topological polar surface area (TPSA) is 62.6 Å². The second-order valence-corrected chi connectivity index (χ2v) is 8.78. The van der Waals surface area contributed by atoms with Gasteiger partial charge in [0.1, 0.15) is 11.6 Å². The first-order valence-corrected chi connectivity index (χ1v) is 10.7. The lowest BCUT2D eigenvalue weighted by molar-refractivity contribution is -0.140. The first kappa shape index (κ1) is 22.5. The summed E-state index contributed by atoms with van der Waals surface area (Å²) in [4.78, 5) is 15.0. The summed E-state index contributed by atoms with van der Waals surface area (Å²) in [6, 6.07) is 2.14. The van der Waals surface area contributed by atoms with Gasteiger partial charge in [0, 0.05) is 18.8 Å². The van der Waals surface area contributed by atoms with Crippen molar-refractivity contribution in [3.8, 4) is 6.07 Å². The summed E-state index contributed by atoms with van der Waals surface area (Å²) in [6.45, 7) is 12.2. The summed E-state index contributed by atoms with van der Waals surface area (Å²) in [5.41, 5.74) is 2.19. The van der Waals surface area contributed by atoms with Gasteiger partial charge in [-0.3, -0.25) is 0 Å². The molecule has 2 aliphatic rings. The molecule has 0 bridgehead atoms. The van der Waals surface area contributed by atoms with Crippen molar-refractivity contribution in [3.05, 3.63) is 22.9 Å². The lowest BCUT2D eigenvalue weighted by Crippen LogP contribution is -2.38. The Hall–Kier alpha value is -1.80. The van der Waals surface area contributed by atoms with Gasteiger partial charge in [0.05, 0.1) is 19.8 Å². The molecule has 1 fully saturated rings. The molecule has 28 heavy (non-hydrogen) atoms. The molecule has 0 radical (unpaired) electrons. The minimum absolute atomic E-state index is 0.00712. The van der Waals surface area contributed by atoms with E-state index in [0.29, 0.717) is 18.9 Å². The number of unbranched alkanes of at least 4 members (excludes halogenated alkanes) is 1. The quantitative estimate of drug-likeness (QED) is 0.345. The Morgan fingerprint density at radius 2 is 2.04 bits per heavy atom. The van der Waals surface area contributed by atoms with E-state index in [-0.39, 0.29) is 11.0 Å². The van der Waals surface area contributed by atoms with Gasteiger partial charge in [-0.05, 0) is 42.2 Å². The van der Waals surface area contributed by atoms with E-state index in [1.54, 1.807) is 0 Å². The molecule has 1 saturated heterocycles. The highest BCUT2D eigenvalue weighted by Crippen LogP contribution is 2.40. The molecule has 1 aliphatic carbocycles. The fraction of sp³-hybridized carbons (Fsp3) is 0.739. The van der Waals surface area contributed by atoms with Crippen molar-refractivity contribution in [2.75, 3.05) is 32.9 Å². The van der Waals surface area contributed by atoms with Gasteiger partial charge in [0.25, 0.3) is 0 Å². The number of nitrogens with zero attached hydrogens (tertiary/aromatic N) is 2. The third-order valence-corrected chi connectivity index (χ3v) is 5.72. The van der Waals surface area contributed by atoms with E-state index < -0.39 is 5.97 Å². The fourth-order valence-electron chi connectivity index (χ4n) is 4.00. The van der Waals surface area contributed by atoms with Gasteiger partial charge in [-0.2, -0.15) is 5.26 Å². The summed E-state index contributed by atoms with van der Waals surface area (Å²) in [5, 5.41) is 9.71. The number of nitriles is 1. The van der Waals surface area contributed by atoms with Crippen molar-refractivity contribution in [2.24, 2.45) is 11.3 Å². The van der Waals surface area contributed by atoms with Crippen molar-refractivity contribution in [2.45, 2.75) is 66.2 Å². The molecular formula is C23H36N2O3. The number of carbonyl (C=O) groups is 1. The summed E-state index contributed by atoms with van der Waals surface area (Å²) >= 11 is 0. The maximum atomic E-state index is 12.7. The largest absolute Gasteiger partial charge is 0.461 e. The van der Waals surface area contributed by atoms with Crippen molar-refractivity contribution in [1.82, 2.24) is 4.90 Å². The Bertz CT molecular complexity index is 637. The highest BCUT2D eigenvalue weighted by molar-refractivity contribution is 5.94. The van der Waals surface area contributed by atoms with Crippen LogP contribution in [0.5, 0.6) is 0 Å². The number of allylic oxidation sites excluding steroid dienone is 3. The van der Waals surface area contributed by atoms with Crippen molar-refractivity contribution < 1.29 is 14.3 Å². The average Bonchev–Trinajstić information content (AvgIpc) is 2.68. The van der Waals surface area contributed by atoms with Crippen LogP contribution in [0.15, 0.2) is 22.9 Å². The van der Waals surface area contributed by atoms with E-state index in [1.165, 1.54) is 5.70 Å². The normalized spacial score (nSPS) is 22.1. The number of hydrogen-bond acceptors (Lipinski definition) is 5. The first-order chi connectivity index (χ1) is 13.4. The molecule has 0 aromatic rings. The molecule has 0 saturated carbocycles. The number of rotatable bonds is 8. The Kier molecular flexibility index (Phi) is 8.57. The number of esters is 1. The smallest absolute Gasteiger partial charge is 0.349 e. The van der Waals surface area contributed by atoms with Crippen LogP contribution in [0.25, 0.3) is 0 Å². The van der Waals surface area contributed by atoms with Gasteiger partial charge in [-0.25, -0.2) is 4.79 Å². The molecule has 0 aromatic carbocycles. The van der Waals surface area contributed by atoms with Crippen molar-refractivity contribution in [3.63, 3.8) is 0 Å². The minimum atomic E-state index is -0.470. The Balaban J connectivity index is 2.17. The summed E-state index contributed by atoms with van der Waals surface area (Å²) in [5.74, 6) is -0.0983. The van der Waals surface area contributed by atoms with Crippen LogP contribution in [0.3, 0.4) is 0 Å². The van der Waals surface area contributed by atoms with Gasteiger partial charge in [0.2, 0.25) is 0 Å². The Labute approximate surface area is 170 Å². The molecule has 1 aliphatic heterocycles.